The van der Waals surface area contributed by atoms with Gasteiger partial charge in [0.15, 0.2) is 0 Å². The van der Waals surface area contributed by atoms with Crippen LogP contribution in [0.4, 0.5) is 0 Å². The fraction of sp³-hybridized carbons (Fsp3) is 0.545. The molecular formula is C11H17BrN2OS. The van der Waals surface area contributed by atoms with E-state index in [1.165, 1.54) is 0 Å². The summed E-state index contributed by atoms with van der Waals surface area (Å²) in [5.41, 5.74) is 5.80. The smallest absolute Gasteiger partial charge is 0.221 e. The van der Waals surface area contributed by atoms with E-state index in [2.05, 4.69) is 28.2 Å². The van der Waals surface area contributed by atoms with E-state index in [0.29, 0.717) is 13.0 Å². The van der Waals surface area contributed by atoms with Gasteiger partial charge in [-0.05, 0) is 33.8 Å². The molecule has 0 saturated heterocycles. The first-order valence-electron chi connectivity index (χ1n) is 5.37. The minimum atomic E-state index is -0.0169. The molecule has 1 atom stereocenters. The lowest BCUT2D eigenvalue weighted by molar-refractivity contribution is -0.121. The summed E-state index contributed by atoms with van der Waals surface area (Å²) in [6.07, 6.45) is 2.33. The Morgan fingerprint density at radius 2 is 2.44 bits per heavy atom. The number of nitrogens with one attached hydrogen (secondary N) is 1. The van der Waals surface area contributed by atoms with Crippen LogP contribution in [0, 0.1) is 0 Å². The van der Waals surface area contributed by atoms with Crippen LogP contribution in [0.5, 0.6) is 0 Å². The third-order valence-corrected chi connectivity index (χ3v) is 4.17. The highest BCUT2D eigenvalue weighted by Gasteiger charge is 2.09. The average Bonchev–Trinajstić information content (AvgIpc) is 2.61. The summed E-state index contributed by atoms with van der Waals surface area (Å²) in [5.74, 6) is 0.0289. The van der Waals surface area contributed by atoms with Crippen LogP contribution >= 0.6 is 27.3 Å². The highest BCUT2D eigenvalue weighted by Crippen LogP contribution is 2.22. The molecule has 1 rings (SSSR count). The van der Waals surface area contributed by atoms with Crippen molar-refractivity contribution in [2.45, 2.75) is 38.8 Å². The Kier molecular flexibility index (Phi) is 6.01. The molecule has 0 aromatic carbocycles. The molecule has 90 valence electrons. The van der Waals surface area contributed by atoms with Crippen LogP contribution in [0.25, 0.3) is 0 Å². The molecule has 1 amide bonds. The summed E-state index contributed by atoms with van der Waals surface area (Å²) in [6, 6.07) is 1.96. The highest BCUT2D eigenvalue weighted by atomic mass is 79.9. The third-order valence-electron chi connectivity index (χ3n) is 2.24. The van der Waals surface area contributed by atoms with E-state index in [4.69, 9.17) is 5.73 Å². The minimum absolute atomic E-state index is 0.0169. The van der Waals surface area contributed by atoms with Gasteiger partial charge < -0.3 is 11.1 Å². The first-order valence-corrected chi connectivity index (χ1v) is 7.05. The van der Waals surface area contributed by atoms with Crippen molar-refractivity contribution < 1.29 is 4.79 Å². The molecule has 3 nitrogen and oxygen atoms in total. The standard InChI is InChI=1S/C11H17BrN2OS/c1-2-3-8(13)6-11(15)14-7-10-9(12)4-5-16-10/h4-5,8H,2-3,6-7,13H2,1H3,(H,14,15). The quantitative estimate of drug-likeness (QED) is 0.849. The predicted octanol–water partition coefficient (Wildman–Crippen LogP) is 2.64. The number of rotatable bonds is 6. The van der Waals surface area contributed by atoms with E-state index in [1.807, 2.05) is 11.4 Å². The van der Waals surface area contributed by atoms with Crippen molar-refractivity contribution in [2.24, 2.45) is 5.73 Å². The summed E-state index contributed by atoms with van der Waals surface area (Å²) in [7, 11) is 0. The maximum Gasteiger partial charge on any atom is 0.221 e. The second-order valence-corrected chi connectivity index (χ2v) is 5.58. The normalized spacial score (nSPS) is 12.4. The van der Waals surface area contributed by atoms with E-state index in [9.17, 15) is 4.79 Å². The highest BCUT2D eigenvalue weighted by molar-refractivity contribution is 9.10. The number of nitrogens with two attached hydrogens (primary N) is 1. The number of carbonyl (C=O) groups is 1. The lowest BCUT2D eigenvalue weighted by Crippen LogP contribution is -2.31. The van der Waals surface area contributed by atoms with E-state index < -0.39 is 0 Å². The SMILES string of the molecule is CCCC(N)CC(=O)NCc1sccc1Br. The maximum atomic E-state index is 11.5. The van der Waals surface area contributed by atoms with Gasteiger partial charge in [0.1, 0.15) is 0 Å². The molecule has 0 fully saturated rings. The fourth-order valence-electron chi connectivity index (χ4n) is 1.41. The Morgan fingerprint density at radius 1 is 1.69 bits per heavy atom. The summed E-state index contributed by atoms with van der Waals surface area (Å²) in [5, 5.41) is 4.87. The van der Waals surface area contributed by atoms with Gasteiger partial charge in [0, 0.05) is 21.8 Å². The monoisotopic (exact) mass is 304 g/mol. The Labute approximate surface area is 109 Å². The van der Waals surface area contributed by atoms with Gasteiger partial charge in [-0.25, -0.2) is 0 Å². The molecule has 5 heteroatoms. The molecule has 0 aliphatic rings. The molecule has 0 aliphatic heterocycles. The summed E-state index contributed by atoms with van der Waals surface area (Å²) < 4.78 is 1.05. The van der Waals surface area contributed by atoms with Gasteiger partial charge in [0.2, 0.25) is 5.91 Å². The molecule has 0 spiro atoms. The lowest BCUT2D eigenvalue weighted by Gasteiger charge is -2.10. The number of hydrogen-bond donors (Lipinski definition) is 2. The van der Waals surface area contributed by atoms with Crippen molar-refractivity contribution >= 4 is 33.2 Å². The van der Waals surface area contributed by atoms with Crippen molar-refractivity contribution in [3.8, 4) is 0 Å². The number of halogens is 1. The van der Waals surface area contributed by atoms with Crippen LogP contribution in [0.3, 0.4) is 0 Å². The predicted molar refractivity (Wildman–Crippen MR) is 71.4 cm³/mol. The first-order chi connectivity index (χ1) is 7.63. The molecule has 1 heterocycles. The summed E-state index contributed by atoms with van der Waals surface area (Å²) in [4.78, 5) is 12.7. The second-order valence-electron chi connectivity index (χ2n) is 3.72. The summed E-state index contributed by atoms with van der Waals surface area (Å²) >= 11 is 5.05. The minimum Gasteiger partial charge on any atom is -0.351 e. The molecule has 0 aliphatic carbocycles. The van der Waals surface area contributed by atoms with Gasteiger partial charge in [-0.15, -0.1) is 11.3 Å². The van der Waals surface area contributed by atoms with Gasteiger partial charge in [-0.3, -0.25) is 4.79 Å². The molecule has 0 bridgehead atoms. The van der Waals surface area contributed by atoms with Gasteiger partial charge in [-0.2, -0.15) is 0 Å². The van der Waals surface area contributed by atoms with E-state index in [-0.39, 0.29) is 11.9 Å². The van der Waals surface area contributed by atoms with E-state index >= 15 is 0 Å². The largest absolute Gasteiger partial charge is 0.351 e. The Bertz CT molecular complexity index is 340. The van der Waals surface area contributed by atoms with Gasteiger partial charge >= 0.3 is 0 Å². The molecular weight excluding hydrogens is 288 g/mol. The number of carbonyl (C=O) groups excluding carboxylic acids is 1. The summed E-state index contributed by atoms with van der Waals surface area (Å²) in [6.45, 7) is 2.65. The Balaban J connectivity index is 2.28. The van der Waals surface area contributed by atoms with Gasteiger partial charge in [0.05, 0.1) is 6.54 Å². The van der Waals surface area contributed by atoms with Crippen LogP contribution in [0.2, 0.25) is 0 Å². The lowest BCUT2D eigenvalue weighted by atomic mass is 10.1. The first kappa shape index (κ1) is 13.7. The van der Waals surface area contributed by atoms with Crippen LogP contribution in [0.15, 0.2) is 15.9 Å². The van der Waals surface area contributed by atoms with E-state index in [1.54, 1.807) is 11.3 Å². The van der Waals surface area contributed by atoms with E-state index in [0.717, 1.165) is 22.2 Å². The van der Waals surface area contributed by atoms with Crippen molar-refractivity contribution in [2.75, 3.05) is 0 Å². The van der Waals surface area contributed by atoms with Crippen LogP contribution in [-0.4, -0.2) is 11.9 Å². The zero-order chi connectivity index (χ0) is 12.0. The van der Waals surface area contributed by atoms with Gasteiger partial charge in [-0.1, -0.05) is 13.3 Å². The average molecular weight is 305 g/mol. The zero-order valence-corrected chi connectivity index (χ0v) is 11.7. The van der Waals surface area contributed by atoms with Crippen molar-refractivity contribution in [3.05, 3.63) is 20.8 Å². The molecule has 1 aromatic rings. The Hall–Kier alpha value is -0.390. The van der Waals surface area contributed by atoms with Gasteiger partial charge in [0.25, 0.3) is 0 Å². The molecule has 3 N–H and O–H groups in total. The Morgan fingerprint density at radius 3 is 3.00 bits per heavy atom. The second kappa shape index (κ2) is 7.04. The van der Waals surface area contributed by atoms with Crippen LogP contribution in [-0.2, 0) is 11.3 Å². The molecule has 0 radical (unpaired) electrons. The molecule has 16 heavy (non-hydrogen) atoms. The van der Waals surface area contributed by atoms with Crippen molar-refractivity contribution in [1.82, 2.24) is 5.32 Å². The van der Waals surface area contributed by atoms with Crippen LogP contribution in [0.1, 0.15) is 31.1 Å². The van der Waals surface area contributed by atoms with Crippen LogP contribution < -0.4 is 11.1 Å². The maximum absolute atomic E-state index is 11.5. The number of thiophene rings is 1. The zero-order valence-electron chi connectivity index (χ0n) is 9.33. The molecule has 1 aromatic heterocycles. The molecule has 1 unspecified atom stereocenters. The topological polar surface area (TPSA) is 55.1 Å². The third kappa shape index (κ3) is 4.63. The number of hydrogen-bond acceptors (Lipinski definition) is 3. The van der Waals surface area contributed by atoms with Crippen molar-refractivity contribution in [1.29, 1.82) is 0 Å². The fourth-order valence-corrected chi connectivity index (χ4v) is 2.85. The van der Waals surface area contributed by atoms with Crippen molar-refractivity contribution in [3.63, 3.8) is 0 Å². The number of amides is 1. The molecule has 0 saturated carbocycles.